The Bertz CT molecular complexity index is 1080. The molecule has 158 valence electrons. The van der Waals surface area contributed by atoms with Crippen molar-refractivity contribution in [2.45, 2.75) is 29.6 Å². The molecule has 1 aliphatic heterocycles. The lowest BCUT2D eigenvalue weighted by molar-refractivity contribution is 0.272. The molecule has 0 unspecified atom stereocenters. The highest BCUT2D eigenvalue weighted by Crippen LogP contribution is 2.24. The van der Waals surface area contributed by atoms with Gasteiger partial charge in [-0.1, -0.05) is 25.5 Å². The van der Waals surface area contributed by atoms with Crippen molar-refractivity contribution in [1.82, 2.24) is 8.61 Å². The largest absolute Gasteiger partial charge is 0.246 e. The monoisotopic (exact) mass is 444 g/mol. The molecule has 1 fully saturated rings. The lowest BCUT2D eigenvalue weighted by Gasteiger charge is -2.33. The minimum atomic E-state index is -4.18. The Balaban J connectivity index is 1.74. The van der Waals surface area contributed by atoms with Crippen LogP contribution in [0.3, 0.4) is 0 Å². The van der Waals surface area contributed by atoms with Crippen LogP contribution in [0.15, 0.2) is 52.3 Å². The fourth-order valence-corrected chi connectivity index (χ4v) is 6.13. The van der Waals surface area contributed by atoms with Crippen molar-refractivity contribution in [2.24, 2.45) is 0 Å². The van der Waals surface area contributed by atoms with Gasteiger partial charge in [-0.05, 0) is 36.2 Å². The Morgan fingerprint density at radius 1 is 0.828 bits per heavy atom. The molecule has 0 N–H and O–H groups in total. The molecule has 3 rings (SSSR count). The zero-order chi connectivity index (χ0) is 21.2. The molecule has 0 amide bonds. The van der Waals surface area contributed by atoms with Gasteiger partial charge in [-0.3, -0.25) is 0 Å². The summed E-state index contributed by atoms with van der Waals surface area (Å²) < 4.78 is 80.2. The summed E-state index contributed by atoms with van der Waals surface area (Å²) in [6, 6.07) is 8.91. The first-order chi connectivity index (χ1) is 13.7. The molecule has 10 heteroatoms. The summed E-state index contributed by atoms with van der Waals surface area (Å²) >= 11 is 0. The Hall–Kier alpha value is -1.88. The Morgan fingerprint density at radius 2 is 1.38 bits per heavy atom. The van der Waals surface area contributed by atoms with Gasteiger partial charge in [0.1, 0.15) is 16.5 Å². The number of nitrogens with zero attached hydrogens (tertiary/aromatic N) is 2. The maximum atomic E-state index is 13.9. The molecule has 29 heavy (non-hydrogen) atoms. The molecule has 6 nitrogen and oxygen atoms in total. The van der Waals surface area contributed by atoms with Gasteiger partial charge in [0.2, 0.25) is 20.0 Å². The van der Waals surface area contributed by atoms with E-state index in [-0.39, 0.29) is 31.1 Å². The van der Waals surface area contributed by atoms with Crippen LogP contribution in [0.1, 0.15) is 18.9 Å². The molecule has 2 aromatic rings. The maximum Gasteiger partial charge on any atom is 0.246 e. The van der Waals surface area contributed by atoms with Crippen molar-refractivity contribution >= 4 is 20.0 Å². The summed E-state index contributed by atoms with van der Waals surface area (Å²) in [5.41, 5.74) is 1.05. The fraction of sp³-hybridized carbons (Fsp3) is 0.368. The second kappa shape index (κ2) is 8.47. The minimum Gasteiger partial charge on any atom is -0.207 e. The van der Waals surface area contributed by atoms with Gasteiger partial charge in [0.05, 0.1) is 4.90 Å². The van der Waals surface area contributed by atoms with Crippen molar-refractivity contribution in [3.05, 3.63) is 59.7 Å². The molecule has 0 atom stereocenters. The van der Waals surface area contributed by atoms with Gasteiger partial charge in [-0.15, -0.1) is 0 Å². The SMILES string of the molecule is CCCc1ccc(S(=O)(=O)N2CCN(S(=O)(=O)c3ccc(F)cc3F)CC2)cc1. The second-order valence-electron chi connectivity index (χ2n) is 6.78. The van der Waals surface area contributed by atoms with E-state index in [1.807, 2.05) is 6.92 Å². The van der Waals surface area contributed by atoms with Gasteiger partial charge >= 0.3 is 0 Å². The lowest BCUT2D eigenvalue weighted by atomic mass is 10.1. The predicted octanol–water partition coefficient (Wildman–Crippen LogP) is 2.61. The van der Waals surface area contributed by atoms with Crippen LogP contribution < -0.4 is 0 Å². The van der Waals surface area contributed by atoms with E-state index in [2.05, 4.69) is 0 Å². The molecule has 2 aromatic carbocycles. The molecule has 0 saturated carbocycles. The van der Waals surface area contributed by atoms with Crippen LogP contribution in [0, 0.1) is 11.6 Å². The van der Waals surface area contributed by atoms with E-state index in [0.29, 0.717) is 6.07 Å². The minimum absolute atomic E-state index is 0.0545. The van der Waals surface area contributed by atoms with Crippen LogP contribution in [0.25, 0.3) is 0 Å². The van der Waals surface area contributed by atoms with Crippen LogP contribution in [0.5, 0.6) is 0 Å². The summed E-state index contributed by atoms with van der Waals surface area (Å²) in [6.45, 7) is 1.69. The van der Waals surface area contributed by atoms with E-state index >= 15 is 0 Å². The number of piperazine rings is 1. The van der Waals surface area contributed by atoms with Crippen molar-refractivity contribution < 1.29 is 25.6 Å². The Kier molecular flexibility index (Phi) is 6.37. The summed E-state index contributed by atoms with van der Waals surface area (Å²) in [7, 11) is -7.94. The third-order valence-electron chi connectivity index (χ3n) is 4.81. The van der Waals surface area contributed by atoms with Crippen LogP contribution >= 0.6 is 0 Å². The molecule has 0 bridgehead atoms. The number of benzene rings is 2. The average Bonchev–Trinajstić information content (AvgIpc) is 2.68. The predicted molar refractivity (Wildman–Crippen MR) is 104 cm³/mol. The van der Waals surface area contributed by atoms with E-state index in [9.17, 15) is 25.6 Å². The smallest absolute Gasteiger partial charge is 0.207 e. The standard InChI is InChI=1S/C19H22F2N2O4S2/c1-2-3-15-4-7-17(8-5-15)28(24,25)22-10-12-23(13-11-22)29(26,27)19-9-6-16(20)14-18(19)21/h4-9,14H,2-3,10-13H2,1H3. The Labute approximate surface area is 169 Å². The highest BCUT2D eigenvalue weighted by molar-refractivity contribution is 7.89. The van der Waals surface area contributed by atoms with Crippen molar-refractivity contribution in [3.8, 4) is 0 Å². The van der Waals surface area contributed by atoms with Gasteiger partial charge in [0.15, 0.2) is 0 Å². The topological polar surface area (TPSA) is 74.8 Å². The summed E-state index contributed by atoms with van der Waals surface area (Å²) in [5.74, 6) is -2.05. The first-order valence-electron chi connectivity index (χ1n) is 9.20. The zero-order valence-electron chi connectivity index (χ0n) is 15.9. The molecule has 1 aliphatic rings. The van der Waals surface area contributed by atoms with Crippen LogP contribution in [0.4, 0.5) is 8.78 Å². The zero-order valence-corrected chi connectivity index (χ0v) is 17.5. The summed E-state index contributed by atoms with van der Waals surface area (Å²) in [6.07, 6.45) is 1.81. The molecular weight excluding hydrogens is 422 g/mol. The van der Waals surface area contributed by atoms with Gasteiger partial charge in [-0.2, -0.15) is 8.61 Å². The summed E-state index contributed by atoms with van der Waals surface area (Å²) in [5, 5.41) is 0. The average molecular weight is 445 g/mol. The van der Waals surface area contributed by atoms with Crippen LogP contribution in [-0.4, -0.2) is 51.6 Å². The molecule has 0 radical (unpaired) electrons. The number of rotatable bonds is 6. The normalized spacial score (nSPS) is 16.8. The third-order valence-corrected chi connectivity index (χ3v) is 8.65. The second-order valence-corrected chi connectivity index (χ2v) is 10.6. The van der Waals surface area contributed by atoms with E-state index < -0.39 is 36.6 Å². The molecule has 0 aromatic heterocycles. The van der Waals surface area contributed by atoms with E-state index in [1.165, 1.54) is 4.31 Å². The van der Waals surface area contributed by atoms with Crippen molar-refractivity contribution in [2.75, 3.05) is 26.2 Å². The maximum absolute atomic E-state index is 13.9. The van der Waals surface area contributed by atoms with Crippen LogP contribution in [0.2, 0.25) is 0 Å². The third kappa shape index (κ3) is 4.50. The quantitative estimate of drug-likeness (QED) is 0.687. The molecule has 0 aliphatic carbocycles. The Morgan fingerprint density at radius 3 is 1.90 bits per heavy atom. The van der Waals surface area contributed by atoms with Gasteiger partial charge in [0, 0.05) is 32.2 Å². The fourth-order valence-electron chi connectivity index (χ4n) is 3.24. The number of aryl methyl sites for hydroxylation is 1. The first-order valence-corrected chi connectivity index (χ1v) is 12.1. The number of hydrogen-bond acceptors (Lipinski definition) is 4. The van der Waals surface area contributed by atoms with Gasteiger partial charge in [-0.25, -0.2) is 25.6 Å². The van der Waals surface area contributed by atoms with Gasteiger partial charge < -0.3 is 0 Å². The van der Waals surface area contributed by atoms with Gasteiger partial charge in [0.25, 0.3) is 0 Å². The number of halogens is 2. The van der Waals surface area contributed by atoms with E-state index in [1.54, 1.807) is 24.3 Å². The van der Waals surface area contributed by atoms with E-state index in [0.717, 1.165) is 34.8 Å². The number of sulfonamides is 2. The highest BCUT2D eigenvalue weighted by atomic mass is 32.2. The van der Waals surface area contributed by atoms with Crippen molar-refractivity contribution in [3.63, 3.8) is 0 Å². The lowest BCUT2D eigenvalue weighted by Crippen LogP contribution is -2.50. The van der Waals surface area contributed by atoms with Crippen LogP contribution in [-0.2, 0) is 26.5 Å². The molecule has 1 saturated heterocycles. The number of hydrogen-bond donors (Lipinski definition) is 0. The molecule has 1 heterocycles. The highest BCUT2D eigenvalue weighted by Gasteiger charge is 2.35. The molecule has 0 spiro atoms. The van der Waals surface area contributed by atoms with E-state index in [4.69, 9.17) is 0 Å². The van der Waals surface area contributed by atoms with Crippen molar-refractivity contribution in [1.29, 1.82) is 0 Å². The molecular formula is C19H22F2N2O4S2. The first kappa shape index (κ1) is 21.8. The summed E-state index contributed by atoms with van der Waals surface area (Å²) in [4.78, 5) is -0.472.